The molecule has 0 spiro atoms. The molecule has 0 radical (unpaired) electrons. The average Bonchev–Trinajstić information content (AvgIpc) is 2.56. The maximum absolute atomic E-state index is 12.6. The predicted molar refractivity (Wildman–Crippen MR) is 88.4 cm³/mol. The summed E-state index contributed by atoms with van der Waals surface area (Å²) in [6, 6.07) is 1.28. The number of fused-ring (bicyclic) bond motifs is 1. The van der Waals surface area contributed by atoms with Gasteiger partial charge in [0.25, 0.3) is 5.91 Å². The Morgan fingerprint density at radius 1 is 1.48 bits per heavy atom. The maximum Gasteiger partial charge on any atom is 0.321 e. The zero-order valence-corrected chi connectivity index (χ0v) is 14.7. The van der Waals surface area contributed by atoms with Crippen LogP contribution in [0.3, 0.4) is 0 Å². The SMILES string of the molecule is CCCCC(NS(=O)(=O)c1cc2c(cc1OC)NC(=O)CO2)C(=O)O. The average molecular weight is 372 g/mol. The van der Waals surface area contributed by atoms with Crippen LogP contribution in [0.15, 0.2) is 17.0 Å². The molecular formula is C15H20N2O7S. The number of benzene rings is 1. The second kappa shape index (κ2) is 7.70. The highest BCUT2D eigenvalue weighted by atomic mass is 32.2. The van der Waals surface area contributed by atoms with Gasteiger partial charge in [-0.25, -0.2) is 8.42 Å². The summed E-state index contributed by atoms with van der Waals surface area (Å²) in [6.45, 7) is 1.64. The number of ether oxygens (including phenoxy) is 2. The van der Waals surface area contributed by atoms with E-state index in [0.29, 0.717) is 6.42 Å². The number of carbonyl (C=O) groups excluding carboxylic acids is 1. The third kappa shape index (κ3) is 4.40. The predicted octanol–water partition coefficient (Wildman–Crippen LogP) is 0.948. The van der Waals surface area contributed by atoms with Crippen molar-refractivity contribution in [2.24, 2.45) is 0 Å². The van der Waals surface area contributed by atoms with Crippen LogP contribution in [0.25, 0.3) is 0 Å². The van der Waals surface area contributed by atoms with E-state index in [0.717, 1.165) is 6.42 Å². The molecular weight excluding hydrogens is 352 g/mol. The molecule has 0 bridgehead atoms. The summed E-state index contributed by atoms with van der Waals surface area (Å²) in [5, 5.41) is 11.8. The van der Waals surface area contributed by atoms with E-state index in [2.05, 4.69) is 10.0 Å². The van der Waals surface area contributed by atoms with Crippen molar-refractivity contribution in [3.63, 3.8) is 0 Å². The van der Waals surface area contributed by atoms with Crippen LogP contribution >= 0.6 is 0 Å². The number of hydrogen-bond donors (Lipinski definition) is 3. The molecule has 9 nitrogen and oxygen atoms in total. The van der Waals surface area contributed by atoms with E-state index in [-0.39, 0.29) is 41.0 Å². The van der Waals surface area contributed by atoms with Crippen molar-refractivity contribution in [1.29, 1.82) is 0 Å². The minimum Gasteiger partial charge on any atom is -0.495 e. The normalized spacial score (nSPS) is 14.9. The number of methoxy groups -OCH3 is 1. The number of hydrogen-bond acceptors (Lipinski definition) is 6. The topological polar surface area (TPSA) is 131 Å². The van der Waals surface area contributed by atoms with Crippen molar-refractivity contribution in [2.75, 3.05) is 19.0 Å². The maximum atomic E-state index is 12.6. The highest BCUT2D eigenvalue weighted by Gasteiger charge is 2.30. The summed E-state index contributed by atoms with van der Waals surface area (Å²) in [7, 11) is -2.90. The van der Waals surface area contributed by atoms with Gasteiger partial charge in [-0.05, 0) is 6.42 Å². The lowest BCUT2D eigenvalue weighted by molar-refractivity contribution is -0.139. The molecule has 0 saturated heterocycles. The molecule has 1 amide bonds. The molecule has 1 aliphatic heterocycles. The number of sulfonamides is 1. The van der Waals surface area contributed by atoms with Crippen LogP contribution in [-0.4, -0.2) is 45.2 Å². The van der Waals surface area contributed by atoms with Crippen LogP contribution in [-0.2, 0) is 19.6 Å². The van der Waals surface area contributed by atoms with E-state index in [9.17, 15) is 23.1 Å². The Balaban J connectivity index is 2.37. The molecule has 0 fully saturated rings. The molecule has 10 heteroatoms. The lowest BCUT2D eigenvalue weighted by atomic mass is 10.1. The molecule has 0 aromatic heterocycles. The second-order valence-electron chi connectivity index (χ2n) is 5.49. The second-order valence-corrected chi connectivity index (χ2v) is 7.17. The first kappa shape index (κ1) is 19.0. The number of amides is 1. The number of unbranched alkanes of at least 4 members (excludes halogenated alkanes) is 1. The Hall–Kier alpha value is -2.33. The summed E-state index contributed by atoms with van der Waals surface area (Å²) in [5.41, 5.74) is 0.285. The molecule has 3 N–H and O–H groups in total. The Labute approximate surface area is 145 Å². The smallest absolute Gasteiger partial charge is 0.321 e. The number of aliphatic carboxylic acids is 1. The minimum absolute atomic E-state index is 0.0309. The van der Waals surface area contributed by atoms with Crippen LogP contribution in [0.2, 0.25) is 0 Å². The van der Waals surface area contributed by atoms with Crippen LogP contribution in [0.5, 0.6) is 11.5 Å². The Morgan fingerprint density at radius 3 is 2.80 bits per heavy atom. The van der Waals surface area contributed by atoms with E-state index >= 15 is 0 Å². The van der Waals surface area contributed by atoms with Gasteiger partial charge >= 0.3 is 5.97 Å². The van der Waals surface area contributed by atoms with Crippen LogP contribution in [0.4, 0.5) is 5.69 Å². The molecule has 1 heterocycles. The van der Waals surface area contributed by atoms with Gasteiger partial charge in [-0.1, -0.05) is 19.8 Å². The highest BCUT2D eigenvalue weighted by Crippen LogP contribution is 2.37. The summed E-state index contributed by atoms with van der Waals surface area (Å²) >= 11 is 0. The van der Waals surface area contributed by atoms with Crippen molar-refractivity contribution in [3.8, 4) is 11.5 Å². The number of rotatable bonds is 8. The van der Waals surface area contributed by atoms with Crippen molar-refractivity contribution >= 4 is 27.6 Å². The van der Waals surface area contributed by atoms with Crippen molar-refractivity contribution in [3.05, 3.63) is 12.1 Å². The first-order chi connectivity index (χ1) is 11.8. The van der Waals surface area contributed by atoms with Crippen molar-refractivity contribution in [2.45, 2.75) is 37.1 Å². The lowest BCUT2D eigenvalue weighted by Crippen LogP contribution is -2.40. The van der Waals surface area contributed by atoms with E-state index < -0.39 is 22.0 Å². The minimum atomic E-state index is -4.17. The molecule has 2 rings (SSSR count). The van der Waals surface area contributed by atoms with E-state index in [1.165, 1.54) is 19.2 Å². The summed E-state index contributed by atoms with van der Waals surface area (Å²) < 4.78 is 37.8. The standard InChI is InChI=1S/C15H20N2O7S/c1-3-4-5-9(15(19)20)17-25(21,22)13-7-11-10(6-12(13)23-2)16-14(18)8-24-11/h6-7,9,17H,3-5,8H2,1-2H3,(H,16,18)(H,19,20). The van der Waals surface area contributed by atoms with Gasteiger partial charge in [0, 0.05) is 12.1 Å². The van der Waals surface area contributed by atoms with Gasteiger partial charge in [0.2, 0.25) is 10.0 Å². The molecule has 1 aromatic carbocycles. The van der Waals surface area contributed by atoms with Gasteiger partial charge in [0.15, 0.2) is 6.61 Å². The van der Waals surface area contributed by atoms with Crippen LogP contribution in [0.1, 0.15) is 26.2 Å². The first-order valence-electron chi connectivity index (χ1n) is 7.68. The molecule has 1 aromatic rings. The fourth-order valence-electron chi connectivity index (χ4n) is 2.35. The first-order valence-corrected chi connectivity index (χ1v) is 9.16. The zero-order chi connectivity index (χ0) is 18.6. The van der Waals surface area contributed by atoms with Gasteiger partial charge < -0.3 is 19.9 Å². The van der Waals surface area contributed by atoms with Gasteiger partial charge in [-0.3, -0.25) is 9.59 Å². The third-order valence-electron chi connectivity index (χ3n) is 3.63. The summed E-state index contributed by atoms with van der Waals surface area (Å²) in [4.78, 5) is 22.4. The van der Waals surface area contributed by atoms with Gasteiger partial charge in [-0.15, -0.1) is 0 Å². The summed E-state index contributed by atoms with van der Waals surface area (Å²) in [5.74, 6) is -1.48. The van der Waals surface area contributed by atoms with Gasteiger partial charge in [0.05, 0.1) is 12.8 Å². The zero-order valence-electron chi connectivity index (χ0n) is 13.9. The molecule has 138 valence electrons. The quantitative estimate of drug-likeness (QED) is 0.619. The number of carbonyl (C=O) groups is 2. The fourth-order valence-corrected chi connectivity index (χ4v) is 3.74. The number of nitrogens with one attached hydrogen (secondary N) is 2. The Kier molecular flexibility index (Phi) is 5.85. The lowest BCUT2D eigenvalue weighted by Gasteiger charge is -2.21. The van der Waals surface area contributed by atoms with E-state index in [1.54, 1.807) is 0 Å². The molecule has 0 saturated carbocycles. The molecule has 25 heavy (non-hydrogen) atoms. The Bertz CT molecular complexity index is 776. The van der Waals surface area contributed by atoms with Crippen molar-refractivity contribution < 1.29 is 32.6 Å². The molecule has 1 aliphatic rings. The summed E-state index contributed by atoms with van der Waals surface area (Å²) in [6.07, 6.45) is 1.47. The number of carboxylic acid groups (broad SMARTS) is 1. The van der Waals surface area contributed by atoms with Crippen LogP contribution < -0.4 is 19.5 Å². The highest BCUT2D eigenvalue weighted by molar-refractivity contribution is 7.89. The number of anilines is 1. The van der Waals surface area contributed by atoms with Crippen LogP contribution in [0, 0.1) is 0 Å². The monoisotopic (exact) mass is 372 g/mol. The largest absolute Gasteiger partial charge is 0.495 e. The van der Waals surface area contributed by atoms with Gasteiger partial charge in [0.1, 0.15) is 22.4 Å². The van der Waals surface area contributed by atoms with E-state index in [4.69, 9.17) is 9.47 Å². The Morgan fingerprint density at radius 2 is 2.20 bits per heavy atom. The van der Waals surface area contributed by atoms with Crippen molar-refractivity contribution in [1.82, 2.24) is 4.72 Å². The molecule has 1 unspecified atom stereocenters. The third-order valence-corrected chi connectivity index (χ3v) is 5.12. The van der Waals surface area contributed by atoms with Gasteiger partial charge in [-0.2, -0.15) is 4.72 Å². The molecule has 0 aliphatic carbocycles. The fraction of sp³-hybridized carbons (Fsp3) is 0.467. The number of carboxylic acids is 1. The van der Waals surface area contributed by atoms with E-state index in [1.807, 2.05) is 6.92 Å². The molecule has 1 atom stereocenters.